The fourth-order valence-electron chi connectivity index (χ4n) is 14.8. The Morgan fingerprint density at radius 2 is 0.796 bits per heavy atom. The van der Waals surface area contributed by atoms with Crippen molar-refractivity contribution in [1.29, 1.82) is 0 Å². The van der Waals surface area contributed by atoms with Crippen molar-refractivity contribution in [3.8, 4) is 33.8 Å². The number of fused-ring (bicyclic) bond motifs is 9. The number of rotatable bonds is 20. The van der Waals surface area contributed by atoms with Crippen molar-refractivity contribution in [2.75, 3.05) is 62.3 Å². The number of nitrogens with zero attached hydrogens (tertiary/aromatic N) is 8. The van der Waals surface area contributed by atoms with Gasteiger partial charge in [-0.3, -0.25) is 0 Å². The summed E-state index contributed by atoms with van der Waals surface area (Å²) in [5, 5.41) is 19.2. The molecule has 1 fully saturated rings. The Kier molecular flexibility index (Phi) is 23.4. The van der Waals surface area contributed by atoms with E-state index in [9.17, 15) is 0 Å². The molecule has 0 spiro atoms. The summed E-state index contributed by atoms with van der Waals surface area (Å²) in [5.74, 6) is 2.74. The van der Waals surface area contributed by atoms with Gasteiger partial charge in [-0.25, -0.2) is 29.9 Å². The first-order valence-electron chi connectivity index (χ1n) is 36.3. The molecule has 3 atom stereocenters. The molecule has 0 amide bonds. The summed E-state index contributed by atoms with van der Waals surface area (Å²) >= 11 is 10.9. The van der Waals surface area contributed by atoms with E-state index in [-0.39, 0.29) is 12.5 Å². The van der Waals surface area contributed by atoms with E-state index in [0.29, 0.717) is 36.1 Å². The van der Waals surface area contributed by atoms with Gasteiger partial charge in [-0.1, -0.05) is 213 Å². The van der Waals surface area contributed by atoms with Crippen LogP contribution in [0.4, 0.5) is 34.9 Å². The van der Waals surface area contributed by atoms with E-state index in [0.717, 1.165) is 109 Å². The molecule has 4 N–H and O–H groups in total. The SMILES string of the molecule is Brc1cccc(C2Cc3cnc(Nc4ccc(CCN5CCCCC5)cc4)nc3-c3ccccc32)c1.CCCCN(C)CCc1ccc(Nc2ncc3c(n2)-c2ccccc2C(c2cccc(Br)c2)C3)cc1.OCCc1ccc(Nc2ncc3c(n2)-c2ccccc2C(c2cccc(Br)c2)C3)cc1. The summed E-state index contributed by atoms with van der Waals surface area (Å²) in [7, 11) is 2.21. The van der Waals surface area contributed by atoms with Crippen molar-refractivity contribution in [3.63, 3.8) is 0 Å². The molecule has 4 aliphatic rings. The normalized spacial score (nSPS) is 15.5. The van der Waals surface area contributed by atoms with Crippen LogP contribution in [0.2, 0.25) is 0 Å². The predicted molar refractivity (Wildman–Crippen MR) is 432 cm³/mol. The maximum atomic E-state index is 9.08. The molecule has 12 nitrogen and oxygen atoms in total. The third kappa shape index (κ3) is 17.8. The van der Waals surface area contributed by atoms with E-state index < -0.39 is 0 Å². The second-order valence-electron chi connectivity index (χ2n) is 27.4. The van der Waals surface area contributed by atoms with Gasteiger partial charge in [-0.2, -0.15) is 0 Å². The molecule has 3 unspecified atom stereocenters. The highest BCUT2D eigenvalue weighted by atomic mass is 79.9. The molecule has 3 aliphatic carbocycles. The highest BCUT2D eigenvalue weighted by Crippen LogP contribution is 2.46. The zero-order valence-electron chi connectivity index (χ0n) is 58.4. The molecule has 16 rings (SSSR count). The van der Waals surface area contributed by atoms with E-state index in [1.165, 1.54) is 118 Å². The Morgan fingerprint density at radius 1 is 0.427 bits per heavy atom. The van der Waals surface area contributed by atoms with Crippen molar-refractivity contribution in [3.05, 3.63) is 317 Å². The Morgan fingerprint density at radius 3 is 1.17 bits per heavy atom. The molecule has 15 heteroatoms. The standard InChI is InChI=1S/C31H31BrN4.C31H33BrN4.C26H22BrN3O/c32-25-8-6-7-23(19-25)29-20-24-21-33-31(35-30(24)28-10-3-2-9-27(28)29)34-26-13-11-22(12-14-26)15-18-36-16-4-1-5-17-36;1-3-4-17-36(2)18-16-22-12-14-26(15-13-22)34-31-33-21-24-20-29(23-8-7-9-25(32)19-23)27-10-5-6-11-28(27)30(24)35-31;27-20-5-3-4-18(14-20)24-15-19-16-28-26(29-21-10-8-17(9-11-21)12-13-31)30-25(19)23-7-2-1-6-22(23)24/h2-3,6-14,19,21,29H,1,4-5,15-18,20H2,(H,33,34,35);5-15,19,21,29H,3-4,16-18,20H2,1-2H3,(H,33,34,35);1-11,14,16,24,31H,12-13,15H2,(H,28,29,30). The lowest BCUT2D eigenvalue weighted by Crippen LogP contribution is -2.31. The third-order valence-corrected chi connectivity index (χ3v) is 21.7. The lowest BCUT2D eigenvalue weighted by molar-refractivity contribution is 0.231. The number of unbranched alkanes of at least 4 members (excludes halogenated alkanes) is 1. The minimum atomic E-state index is 0.154. The van der Waals surface area contributed by atoms with E-state index in [4.69, 9.17) is 20.1 Å². The van der Waals surface area contributed by atoms with Crippen LogP contribution in [0.25, 0.3) is 33.8 Å². The van der Waals surface area contributed by atoms with Crippen LogP contribution in [0, 0.1) is 0 Å². The van der Waals surface area contributed by atoms with Crippen LogP contribution >= 0.6 is 47.8 Å². The Balaban J connectivity index is 0.000000131. The van der Waals surface area contributed by atoms with Gasteiger partial charge in [0.15, 0.2) is 0 Å². The molecular weight excluding hydrogens is 1470 g/mol. The van der Waals surface area contributed by atoms with Gasteiger partial charge in [-0.15, -0.1) is 0 Å². The number of aromatic nitrogens is 6. The monoisotopic (exact) mass is 1550 g/mol. The average Bonchev–Trinajstić information content (AvgIpc) is 0.773. The number of likely N-dealkylation sites (tertiary alicyclic amines) is 1. The first-order chi connectivity index (χ1) is 50.5. The number of nitrogens with one attached hydrogen (secondary N) is 3. The summed E-state index contributed by atoms with van der Waals surface area (Å²) in [6.07, 6.45) is 18.0. The van der Waals surface area contributed by atoms with Crippen LogP contribution in [0.1, 0.15) is 124 Å². The van der Waals surface area contributed by atoms with Gasteiger partial charge in [0, 0.05) is 103 Å². The minimum Gasteiger partial charge on any atom is -0.396 e. The molecule has 1 aliphatic heterocycles. The molecular formula is C88H86Br3N11O. The zero-order valence-corrected chi connectivity index (χ0v) is 63.2. The molecule has 0 bridgehead atoms. The van der Waals surface area contributed by atoms with Crippen LogP contribution in [-0.4, -0.2) is 91.2 Å². The largest absolute Gasteiger partial charge is 0.396 e. The number of anilines is 6. The predicted octanol–water partition coefficient (Wildman–Crippen LogP) is 20.9. The highest BCUT2D eigenvalue weighted by Gasteiger charge is 2.31. The van der Waals surface area contributed by atoms with Gasteiger partial charge < -0.3 is 30.9 Å². The molecule has 0 saturated carbocycles. The smallest absolute Gasteiger partial charge is 0.227 e. The molecule has 12 aromatic rings. The van der Waals surface area contributed by atoms with Gasteiger partial charge in [0.1, 0.15) is 0 Å². The number of piperidine rings is 1. The van der Waals surface area contributed by atoms with Gasteiger partial charge >= 0.3 is 0 Å². The fraction of sp³-hybridized carbons (Fsp3) is 0.250. The Labute approximate surface area is 631 Å². The van der Waals surface area contributed by atoms with Crippen LogP contribution < -0.4 is 16.0 Å². The number of hydrogen-bond acceptors (Lipinski definition) is 12. The first-order valence-corrected chi connectivity index (χ1v) is 38.6. The topological polar surface area (TPSA) is 140 Å². The molecule has 520 valence electrons. The summed E-state index contributed by atoms with van der Waals surface area (Å²) < 4.78 is 3.30. The van der Waals surface area contributed by atoms with Gasteiger partial charge in [0.05, 0.1) is 17.1 Å². The van der Waals surface area contributed by atoms with Crippen molar-refractivity contribution in [2.45, 2.75) is 95.3 Å². The number of halogens is 3. The van der Waals surface area contributed by atoms with Gasteiger partial charge in [0.2, 0.25) is 17.8 Å². The second kappa shape index (κ2) is 34.0. The Hall–Kier alpha value is -9.06. The number of aliphatic hydroxyl groups is 1. The van der Waals surface area contributed by atoms with Crippen LogP contribution in [0.15, 0.2) is 250 Å². The summed E-state index contributed by atoms with van der Waals surface area (Å²) in [6.45, 7) is 8.30. The van der Waals surface area contributed by atoms with Crippen molar-refractivity contribution >= 4 is 82.7 Å². The third-order valence-electron chi connectivity index (χ3n) is 20.3. The van der Waals surface area contributed by atoms with Crippen LogP contribution in [0.3, 0.4) is 0 Å². The number of benzene rings is 9. The zero-order chi connectivity index (χ0) is 70.4. The molecule has 3 aromatic heterocycles. The molecule has 0 radical (unpaired) electrons. The van der Waals surface area contributed by atoms with E-state index in [2.05, 4.69) is 297 Å². The van der Waals surface area contributed by atoms with Crippen LogP contribution in [0.5, 0.6) is 0 Å². The molecule has 103 heavy (non-hydrogen) atoms. The highest BCUT2D eigenvalue weighted by molar-refractivity contribution is 9.11. The van der Waals surface area contributed by atoms with Crippen molar-refractivity contribution in [1.82, 2.24) is 39.7 Å². The van der Waals surface area contributed by atoms with Crippen molar-refractivity contribution < 1.29 is 5.11 Å². The molecule has 4 heterocycles. The Bertz CT molecular complexity index is 4860. The number of aliphatic hydroxyl groups excluding tert-OH is 1. The number of likely N-dealkylation sites (N-methyl/N-ethyl adjacent to an activating group) is 1. The summed E-state index contributed by atoms with van der Waals surface area (Å²) in [4.78, 5) is 33.8. The maximum absolute atomic E-state index is 9.08. The maximum Gasteiger partial charge on any atom is 0.227 e. The van der Waals surface area contributed by atoms with E-state index in [1.807, 2.05) is 42.9 Å². The summed E-state index contributed by atoms with van der Waals surface area (Å²) in [6, 6.07) is 77.0. The number of hydrogen-bond donors (Lipinski definition) is 4. The second-order valence-corrected chi connectivity index (χ2v) is 30.1. The molecule has 1 saturated heterocycles. The molecule has 9 aromatic carbocycles. The van der Waals surface area contributed by atoms with E-state index in [1.54, 1.807) is 0 Å². The van der Waals surface area contributed by atoms with E-state index >= 15 is 0 Å². The van der Waals surface area contributed by atoms with Crippen LogP contribution in [-0.2, 0) is 38.5 Å². The average molecular weight is 1550 g/mol. The lowest BCUT2D eigenvalue weighted by atomic mass is 9.78. The fourth-order valence-corrected chi connectivity index (χ4v) is 16.0. The lowest BCUT2D eigenvalue weighted by Gasteiger charge is -2.27. The van der Waals surface area contributed by atoms with Gasteiger partial charge in [-0.05, 0) is 224 Å². The van der Waals surface area contributed by atoms with Gasteiger partial charge in [0.25, 0.3) is 0 Å². The minimum absolute atomic E-state index is 0.154. The quantitative estimate of drug-likeness (QED) is 0.0577. The summed E-state index contributed by atoms with van der Waals surface area (Å²) in [5.41, 5.74) is 24.8. The first kappa shape index (κ1) is 71.0. The van der Waals surface area contributed by atoms with Crippen molar-refractivity contribution in [2.24, 2.45) is 0 Å².